The van der Waals surface area contributed by atoms with Crippen molar-refractivity contribution in [3.05, 3.63) is 72.4 Å². The summed E-state index contributed by atoms with van der Waals surface area (Å²) < 4.78 is 12.3. The SMILES string of the molecule is C=C/C(=C\C)Cn1cc(N2Cc3nc(-c4cnc(OC)c(OC)c4)ccc3C2=O)cn1. The van der Waals surface area contributed by atoms with Gasteiger partial charge in [0.05, 0.1) is 56.1 Å². The Morgan fingerprint density at radius 1 is 1.26 bits per heavy atom. The van der Waals surface area contributed by atoms with Gasteiger partial charge in [-0.15, -0.1) is 0 Å². The second-order valence-corrected chi connectivity index (χ2v) is 6.98. The summed E-state index contributed by atoms with van der Waals surface area (Å²) in [5, 5.41) is 4.37. The molecule has 158 valence electrons. The van der Waals surface area contributed by atoms with E-state index in [-0.39, 0.29) is 5.91 Å². The molecule has 4 heterocycles. The predicted octanol–water partition coefficient (Wildman–Crippen LogP) is 3.65. The number of methoxy groups -OCH3 is 2. The monoisotopic (exact) mass is 417 g/mol. The topological polar surface area (TPSA) is 82.4 Å². The van der Waals surface area contributed by atoms with E-state index in [1.165, 1.54) is 7.11 Å². The highest BCUT2D eigenvalue weighted by atomic mass is 16.5. The van der Waals surface area contributed by atoms with Crippen LogP contribution in [0.1, 0.15) is 23.0 Å². The molecule has 3 aromatic heterocycles. The summed E-state index contributed by atoms with van der Waals surface area (Å²) in [6, 6.07) is 5.43. The van der Waals surface area contributed by atoms with Gasteiger partial charge < -0.3 is 9.47 Å². The van der Waals surface area contributed by atoms with Crippen molar-refractivity contribution in [1.82, 2.24) is 19.7 Å². The lowest BCUT2D eigenvalue weighted by Crippen LogP contribution is -2.22. The van der Waals surface area contributed by atoms with Crippen LogP contribution in [0.3, 0.4) is 0 Å². The minimum absolute atomic E-state index is 0.0889. The summed E-state index contributed by atoms with van der Waals surface area (Å²) in [6.07, 6.45) is 9.01. The number of nitrogens with zero attached hydrogens (tertiary/aromatic N) is 5. The average Bonchev–Trinajstić information content (AvgIpc) is 3.40. The fourth-order valence-corrected chi connectivity index (χ4v) is 3.46. The highest BCUT2D eigenvalue weighted by Gasteiger charge is 2.31. The molecule has 3 aromatic rings. The van der Waals surface area contributed by atoms with Crippen molar-refractivity contribution in [3.8, 4) is 22.9 Å². The van der Waals surface area contributed by atoms with E-state index in [2.05, 4.69) is 16.7 Å². The maximum atomic E-state index is 12.9. The van der Waals surface area contributed by atoms with E-state index in [4.69, 9.17) is 14.5 Å². The molecule has 31 heavy (non-hydrogen) atoms. The number of aromatic nitrogens is 4. The Kier molecular flexibility index (Phi) is 5.53. The van der Waals surface area contributed by atoms with E-state index in [0.717, 1.165) is 16.8 Å². The molecule has 1 amide bonds. The van der Waals surface area contributed by atoms with Crippen LogP contribution in [0.25, 0.3) is 11.3 Å². The highest BCUT2D eigenvalue weighted by Crippen LogP contribution is 2.32. The standard InChI is InChI=1S/C23H23N5O3/c1-5-15(6-2)12-27-13-17(11-25-27)28-14-20-18(23(28)29)7-8-19(26-20)16-9-21(30-3)22(31-4)24-10-16/h5-11,13H,1,12,14H2,2-4H3/b15-6+. The molecule has 1 aliphatic heterocycles. The third-order valence-corrected chi connectivity index (χ3v) is 5.19. The van der Waals surface area contributed by atoms with Crippen molar-refractivity contribution in [2.75, 3.05) is 19.1 Å². The summed E-state index contributed by atoms with van der Waals surface area (Å²) in [5.74, 6) is 0.838. The van der Waals surface area contributed by atoms with Gasteiger partial charge in [0.25, 0.3) is 11.8 Å². The first-order valence-corrected chi connectivity index (χ1v) is 9.78. The lowest BCUT2D eigenvalue weighted by molar-refractivity contribution is 0.0996. The van der Waals surface area contributed by atoms with Crippen LogP contribution in [0.4, 0.5) is 5.69 Å². The number of allylic oxidation sites excluding steroid dienone is 3. The number of anilines is 1. The number of carbonyl (C=O) groups excluding carboxylic acids is 1. The minimum atomic E-state index is -0.0889. The van der Waals surface area contributed by atoms with Gasteiger partial charge in [-0.25, -0.2) is 4.98 Å². The molecule has 0 saturated heterocycles. The van der Waals surface area contributed by atoms with Crippen LogP contribution in [0.15, 0.2) is 61.1 Å². The molecule has 1 aliphatic rings. The van der Waals surface area contributed by atoms with Crippen molar-refractivity contribution < 1.29 is 14.3 Å². The summed E-state index contributed by atoms with van der Waals surface area (Å²) in [7, 11) is 3.10. The summed E-state index contributed by atoms with van der Waals surface area (Å²) in [5.41, 5.74) is 4.58. The minimum Gasteiger partial charge on any atom is -0.491 e. The molecule has 0 unspecified atom stereocenters. The molecule has 0 saturated carbocycles. The number of ether oxygens (including phenoxy) is 2. The van der Waals surface area contributed by atoms with Crippen LogP contribution < -0.4 is 14.4 Å². The largest absolute Gasteiger partial charge is 0.491 e. The Morgan fingerprint density at radius 2 is 2.10 bits per heavy atom. The van der Waals surface area contributed by atoms with E-state index in [9.17, 15) is 4.79 Å². The number of pyridine rings is 2. The second kappa shape index (κ2) is 8.43. The van der Waals surface area contributed by atoms with Gasteiger partial charge in [0.1, 0.15) is 0 Å². The van der Waals surface area contributed by atoms with Gasteiger partial charge in [-0.2, -0.15) is 5.10 Å². The zero-order chi connectivity index (χ0) is 22.0. The molecule has 0 spiro atoms. The summed E-state index contributed by atoms with van der Waals surface area (Å²) in [4.78, 5) is 23.6. The van der Waals surface area contributed by atoms with Crippen LogP contribution in [-0.2, 0) is 13.1 Å². The first kappa shape index (κ1) is 20.3. The molecular formula is C23H23N5O3. The number of carbonyl (C=O) groups is 1. The molecule has 0 radical (unpaired) electrons. The fourth-order valence-electron chi connectivity index (χ4n) is 3.46. The highest BCUT2D eigenvalue weighted by molar-refractivity contribution is 6.09. The van der Waals surface area contributed by atoms with E-state index in [1.807, 2.05) is 31.3 Å². The maximum absolute atomic E-state index is 12.9. The molecule has 0 bridgehead atoms. The molecule has 8 nitrogen and oxygen atoms in total. The lowest BCUT2D eigenvalue weighted by Gasteiger charge is -2.12. The lowest BCUT2D eigenvalue weighted by atomic mass is 10.1. The van der Waals surface area contributed by atoms with Gasteiger partial charge in [0, 0.05) is 18.0 Å². The molecule has 0 aliphatic carbocycles. The summed E-state index contributed by atoms with van der Waals surface area (Å²) in [6.45, 7) is 6.74. The third kappa shape index (κ3) is 3.79. The molecule has 0 N–H and O–H groups in total. The summed E-state index contributed by atoms with van der Waals surface area (Å²) >= 11 is 0. The molecule has 0 atom stereocenters. The number of hydrogen-bond acceptors (Lipinski definition) is 6. The van der Waals surface area contributed by atoms with Gasteiger partial charge in [-0.1, -0.05) is 18.7 Å². The zero-order valence-corrected chi connectivity index (χ0v) is 17.7. The second-order valence-electron chi connectivity index (χ2n) is 6.98. The van der Waals surface area contributed by atoms with Crippen LogP contribution in [-0.4, -0.2) is 39.9 Å². The van der Waals surface area contributed by atoms with Crippen LogP contribution >= 0.6 is 0 Å². The quantitative estimate of drug-likeness (QED) is 0.546. The van der Waals surface area contributed by atoms with E-state index >= 15 is 0 Å². The van der Waals surface area contributed by atoms with E-state index < -0.39 is 0 Å². The van der Waals surface area contributed by atoms with Crippen LogP contribution in [0.2, 0.25) is 0 Å². The molecule has 0 fully saturated rings. The van der Waals surface area contributed by atoms with Gasteiger partial charge in [-0.3, -0.25) is 19.4 Å². The Labute approximate surface area is 180 Å². The average molecular weight is 417 g/mol. The van der Waals surface area contributed by atoms with Crippen molar-refractivity contribution in [1.29, 1.82) is 0 Å². The van der Waals surface area contributed by atoms with Crippen LogP contribution in [0.5, 0.6) is 11.6 Å². The predicted molar refractivity (Wildman–Crippen MR) is 117 cm³/mol. The molecule has 0 aromatic carbocycles. The van der Waals surface area contributed by atoms with Crippen molar-refractivity contribution >= 4 is 11.6 Å². The van der Waals surface area contributed by atoms with E-state index in [1.54, 1.807) is 41.2 Å². The fraction of sp³-hybridized carbons (Fsp3) is 0.217. The normalized spacial score (nSPS) is 13.3. The number of rotatable bonds is 7. The van der Waals surface area contributed by atoms with Gasteiger partial charge in [-0.05, 0) is 30.7 Å². The van der Waals surface area contributed by atoms with Gasteiger partial charge >= 0.3 is 0 Å². The van der Waals surface area contributed by atoms with Crippen molar-refractivity contribution in [3.63, 3.8) is 0 Å². The van der Waals surface area contributed by atoms with Crippen molar-refractivity contribution in [2.24, 2.45) is 0 Å². The van der Waals surface area contributed by atoms with Gasteiger partial charge in [0.2, 0.25) is 0 Å². The Morgan fingerprint density at radius 3 is 2.81 bits per heavy atom. The first-order valence-electron chi connectivity index (χ1n) is 9.78. The van der Waals surface area contributed by atoms with Crippen molar-refractivity contribution in [2.45, 2.75) is 20.0 Å². The molecular weight excluding hydrogens is 394 g/mol. The Balaban J connectivity index is 1.59. The van der Waals surface area contributed by atoms with Gasteiger partial charge in [0.15, 0.2) is 5.75 Å². The Hall–Kier alpha value is -3.94. The molecule has 4 rings (SSSR count). The van der Waals surface area contributed by atoms with E-state index in [0.29, 0.717) is 41.7 Å². The third-order valence-electron chi connectivity index (χ3n) is 5.19. The molecule has 8 heteroatoms. The van der Waals surface area contributed by atoms with Crippen LogP contribution in [0, 0.1) is 0 Å². The first-order chi connectivity index (χ1) is 15.1. The smallest absolute Gasteiger partial charge is 0.260 e. The number of fused-ring (bicyclic) bond motifs is 1. The number of amides is 1. The maximum Gasteiger partial charge on any atom is 0.260 e. The zero-order valence-electron chi connectivity index (χ0n) is 17.7. The number of hydrogen-bond donors (Lipinski definition) is 0. The Bertz CT molecular complexity index is 1180.